The lowest BCUT2D eigenvalue weighted by atomic mass is 10.1. The average Bonchev–Trinajstić information content (AvgIpc) is 2.67. The fourth-order valence-corrected chi connectivity index (χ4v) is 1.68. The van der Waals surface area contributed by atoms with Gasteiger partial charge in [0, 0.05) is 19.3 Å². The summed E-state index contributed by atoms with van der Waals surface area (Å²) < 4.78 is 7.42. The fourth-order valence-electron chi connectivity index (χ4n) is 1.68. The first-order chi connectivity index (χ1) is 6.88. The summed E-state index contributed by atoms with van der Waals surface area (Å²) >= 11 is 0. The summed E-state index contributed by atoms with van der Waals surface area (Å²) in [6.45, 7) is 2.13. The van der Waals surface area contributed by atoms with E-state index in [4.69, 9.17) is 10.5 Å². The Morgan fingerprint density at radius 2 is 2.50 bits per heavy atom. The largest absolute Gasteiger partial charge is 0.376 e. The number of nitrogens with zero attached hydrogens (tertiary/aromatic N) is 3. The molecule has 1 saturated heterocycles. The molecule has 1 fully saturated rings. The lowest BCUT2D eigenvalue weighted by Gasteiger charge is -2.21. The van der Waals surface area contributed by atoms with Crippen molar-refractivity contribution in [1.82, 2.24) is 15.0 Å². The van der Waals surface area contributed by atoms with Crippen molar-refractivity contribution >= 4 is 0 Å². The second-order valence-electron chi connectivity index (χ2n) is 3.62. The third-order valence-electron chi connectivity index (χ3n) is 2.46. The van der Waals surface area contributed by atoms with Gasteiger partial charge in [-0.25, -0.2) is 4.68 Å². The van der Waals surface area contributed by atoms with E-state index in [1.54, 1.807) is 0 Å². The minimum atomic E-state index is 0.302. The highest BCUT2D eigenvalue weighted by Crippen LogP contribution is 2.13. The van der Waals surface area contributed by atoms with Crippen LogP contribution >= 0.6 is 0 Å². The van der Waals surface area contributed by atoms with Crippen LogP contribution in [0.3, 0.4) is 0 Å². The third kappa shape index (κ3) is 2.30. The Balaban J connectivity index is 1.89. The highest BCUT2D eigenvalue weighted by molar-refractivity contribution is 4.90. The van der Waals surface area contributed by atoms with Crippen LogP contribution in [0.1, 0.15) is 25.0 Å². The molecule has 1 atom stereocenters. The second-order valence-corrected chi connectivity index (χ2v) is 3.62. The molecule has 0 aliphatic carbocycles. The smallest absolute Gasteiger partial charge is 0.0962 e. The molecule has 1 aromatic rings. The summed E-state index contributed by atoms with van der Waals surface area (Å²) in [5, 5.41) is 7.92. The van der Waals surface area contributed by atoms with Crippen LogP contribution in [0.5, 0.6) is 0 Å². The molecule has 1 aliphatic rings. The molecule has 0 bridgehead atoms. The van der Waals surface area contributed by atoms with Crippen molar-refractivity contribution in [2.45, 2.75) is 38.5 Å². The Morgan fingerprint density at radius 3 is 3.14 bits per heavy atom. The van der Waals surface area contributed by atoms with Gasteiger partial charge in [-0.05, 0) is 19.3 Å². The second kappa shape index (κ2) is 4.52. The molecule has 0 radical (unpaired) electrons. The van der Waals surface area contributed by atoms with Gasteiger partial charge in [-0.2, -0.15) is 0 Å². The molecule has 14 heavy (non-hydrogen) atoms. The van der Waals surface area contributed by atoms with Gasteiger partial charge in [0.15, 0.2) is 0 Å². The maximum absolute atomic E-state index is 5.60. The van der Waals surface area contributed by atoms with Gasteiger partial charge in [0.05, 0.1) is 18.3 Å². The van der Waals surface area contributed by atoms with Crippen LogP contribution in [0.4, 0.5) is 0 Å². The lowest BCUT2D eigenvalue weighted by Crippen LogP contribution is -2.24. The maximum Gasteiger partial charge on any atom is 0.0962 e. The van der Waals surface area contributed by atoms with Crippen molar-refractivity contribution in [3.05, 3.63) is 11.9 Å². The normalized spacial score (nSPS) is 22.5. The molecule has 78 valence electrons. The van der Waals surface area contributed by atoms with Gasteiger partial charge >= 0.3 is 0 Å². The number of ether oxygens (including phenoxy) is 1. The zero-order valence-electron chi connectivity index (χ0n) is 8.22. The fraction of sp³-hybridized carbons (Fsp3) is 0.778. The molecule has 0 amide bonds. The first-order valence-corrected chi connectivity index (χ1v) is 5.09. The van der Waals surface area contributed by atoms with Crippen molar-refractivity contribution in [1.29, 1.82) is 0 Å². The van der Waals surface area contributed by atoms with Gasteiger partial charge in [0.25, 0.3) is 0 Å². The van der Waals surface area contributed by atoms with Gasteiger partial charge < -0.3 is 10.5 Å². The van der Waals surface area contributed by atoms with E-state index in [2.05, 4.69) is 10.3 Å². The van der Waals surface area contributed by atoms with Gasteiger partial charge in [-0.1, -0.05) is 5.21 Å². The van der Waals surface area contributed by atoms with Crippen LogP contribution in [-0.2, 0) is 17.8 Å². The van der Waals surface area contributed by atoms with Gasteiger partial charge in [0.2, 0.25) is 0 Å². The SMILES string of the molecule is NCc1cn(CC2CCCCO2)nn1. The molecule has 1 unspecified atom stereocenters. The zero-order chi connectivity index (χ0) is 9.80. The molecule has 5 nitrogen and oxygen atoms in total. The van der Waals surface area contributed by atoms with E-state index in [0.29, 0.717) is 12.6 Å². The quantitative estimate of drug-likeness (QED) is 0.755. The van der Waals surface area contributed by atoms with Crippen LogP contribution in [0.25, 0.3) is 0 Å². The van der Waals surface area contributed by atoms with Gasteiger partial charge in [0.1, 0.15) is 0 Å². The molecular formula is C9H16N4O. The molecule has 1 aliphatic heterocycles. The van der Waals surface area contributed by atoms with Crippen LogP contribution in [0.15, 0.2) is 6.20 Å². The number of hydrogen-bond donors (Lipinski definition) is 1. The Hall–Kier alpha value is -0.940. The van der Waals surface area contributed by atoms with Crippen molar-refractivity contribution in [3.63, 3.8) is 0 Å². The minimum Gasteiger partial charge on any atom is -0.376 e. The summed E-state index contributed by atoms with van der Waals surface area (Å²) in [6.07, 6.45) is 5.75. The lowest BCUT2D eigenvalue weighted by molar-refractivity contribution is 0.00370. The van der Waals surface area contributed by atoms with Crippen molar-refractivity contribution < 1.29 is 4.74 Å². The van der Waals surface area contributed by atoms with E-state index in [-0.39, 0.29) is 0 Å². The first-order valence-electron chi connectivity index (χ1n) is 5.09. The first kappa shape index (κ1) is 9.61. The number of rotatable bonds is 3. The Labute approximate surface area is 83.2 Å². The molecule has 2 N–H and O–H groups in total. The topological polar surface area (TPSA) is 66.0 Å². The minimum absolute atomic E-state index is 0.302. The van der Waals surface area contributed by atoms with Crippen LogP contribution in [0.2, 0.25) is 0 Å². The number of nitrogens with two attached hydrogens (primary N) is 1. The molecule has 5 heteroatoms. The summed E-state index contributed by atoms with van der Waals surface area (Å²) in [5.74, 6) is 0. The van der Waals surface area contributed by atoms with E-state index < -0.39 is 0 Å². The van der Waals surface area contributed by atoms with Gasteiger partial charge in [-0.3, -0.25) is 0 Å². The molecule has 1 aromatic heterocycles. The Bertz CT molecular complexity index is 280. The van der Waals surface area contributed by atoms with Gasteiger partial charge in [-0.15, -0.1) is 5.10 Å². The van der Waals surface area contributed by atoms with E-state index >= 15 is 0 Å². The van der Waals surface area contributed by atoms with E-state index in [0.717, 1.165) is 25.3 Å². The van der Waals surface area contributed by atoms with Crippen molar-refractivity contribution in [3.8, 4) is 0 Å². The van der Waals surface area contributed by atoms with Crippen molar-refractivity contribution in [2.75, 3.05) is 6.61 Å². The summed E-state index contributed by atoms with van der Waals surface area (Å²) in [7, 11) is 0. The summed E-state index contributed by atoms with van der Waals surface area (Å²) in [6, 6.07) is 0. The predicted molar refractivity (Wildman–Crippen MR) is 51.5 cm³/mol. The zero-order valence-corrected chi connectivity index (χ0v) is 8.22. The highest BCUT2D eigenvalue weighted by atomic mass is 16.5. The monoisotopic (exact) mass is 196 g/mol. The van der Waals surface area contributed by atoms with Crippen LogP contribution in [-0.4, -0.2) is 27.7 Å². The number of hydrogen-bond acceptors (Lipinski definition) is 4. The molecule has 0 aromatic carbocycles. The summed E-state index contributed by atoms with van der Waals surface area (Å²) in [5.41, 5.74) is 6.28. The standard InChI is InChI=1S/C9H16N4O/c10-5-8-6-13(12-11-8)7-9-3-1-2-4-14-9/h6,9H,1-5,7,10H2. The number of aromatic nitrogens is 3. The Kier molecular flexibility index (Phi) is 3.10. The predicted octanol–water partition coefficient (Wildman–Crippen LogP) is 0.306. The van der Waals surface area contributed by atoms with E-state index in [1.807, 2.05) is 10.9 Å². The molecule has 0 saturated carbocycles. The maximum atomic E-state index is 5.60. The van der Waals surface area contributed by atoms with E-state index in [9.17, 15) is 0 Å². The molecule has 0 spiro atoms. The molecular weight excluding hydrogens is 180 g/mol. The molecule has 2 heterocycles. The third-order valence-corrected chi connectivity index (χ3v) is 2.46. The van der Waals surface area contributed by atoms with Crippen molar-refractivity contribution in [2.24, 2.45) is 5.73 Å². The van der Waals surface area contributed by atoms with E-state index in [1.165, 1.54) is 12.8 Å². The summed E-state index contributed by atoms with van der Waals surface area (Å²) in [4.78, 5) is 0. The van der Waals surface area contributed by atoms with Crippen LogP contribution < -0.4 is 5.73 Å². The highest BCUT2D eigenvalue weighted by Gasteiger charge is 2.14. The van der Waals surface area contributed by atoms with Crippen LogP contribution in [0, 0.1) is 0 Å². The average molecular weight is 196 g/mol. The molecule has 2 rings (SSSR count). The Morgan fingerprint density at radius 1 is 1.57 bits per heavy atom.